The number of piperidine rings is 1. The first-order valence-corrected chi connectivity index (χ1v) is 10.4. The van der Waals surface area contributed by atoms with Gasteiger partial charge in [0.1, 0.15) is 5.60 Å². The molecular weight excluding hydrogens is 348 g/mol. The average Bonchev–Trinajstić information content (AvgIpc) is 3.15. The van der Waals surface area contributed by atoms with Crippen molar-refractivity contribution < 1.29 is 9.90 Å². The minimum atomic E-state index is -0.998. The van der Waals surface area contributed by atoms with Crippen molar-refractivity contribution in [3.8, 4) is 0 Å². The summed E-state index contributed by atoms with van der Waals surface area (Å²) in [5.74, 6) is 1.42. The van der Waals surface area contributed by atoms with Crippen LogP contribution in [0.4, 0.5) is 0 Å². The lowest BCUT2D eigenvalue weighted by Gasteiger charge is -2.31. The lowest BCUT2D eigenvalue weighted by molar-refractivity contribution is -0.132. The van der Waals surface area contributed by atoms with Crippen molar-refractivity contribution in [3.63, 3.8) is 0 Å². The minimum Gasteiger partial charge on any atom is -0.383 e. The van der Waals surface area contributed by atoms with Crippen LogP contribution in [0.25, 0.3) is 0 Å². The molecule has 0 bridgehead atoms. The van der Waals surface area contributed by atoms with Gasteiger partial charge in [-0.3, -0.25) is 4.79 Å². The summed E-state index contributed by atoms with van der Waals surface area (Å²) in [5, 5.41) is 20.8. The molecule has 1 aliphatic heterocycles. The maximum absolute atomic E-state index is 12.3. The molecule has 1 aromatic heterocycles. The zero-order valence-electron chi connectivity index (χ0n) is 16.1. The molecule has 2 atom stereocenters. The van der Waals surface area contributed by atoms with Crippen molar-refractivity contribution in [1.82, 2.24) is 15.5 Å². The number of amides is 1. The Kier molecular flexibility index (Phi) is 7.90. The van der Waals surface area contributed by atoms with E-state index in [0.717, 1.165) is 31.6 Å². The molecule has 0 radical (unpaired) electrons. The third kappa shape index (κ3) is 6.29. The topological polar surface area (TPSA) is 77.0 Å². The smallest absolute Gasteiger partial charge is 0.224 e. The number of thiophene rings is 1. The van der Waals surface area contributed by atoms with Crippen LogP contribution >= 0.6 is 11.3 Å². The third-order valence-corrected chi connectivity index (χ3v) is 5.36. The Hall–Kier alpha value is -1.60. The second-order valence-corrected chi connectivity index (χ2v) is 8.03. The summed E-state index contributed by atoms with van der Waals surface area (Å²) in [7, 11) is 0. The summed E-state index contributed by atoms with van der Waals surface area (Å²) in [5.41, 5.74) is -0.126. The molecule has 1 amide bonds. The zero-order valence-corrected chi connectivity index (χ0v) is 16.9. The lowest BCUT2D eigenvalue weighted by Crippen LogP contribution is -2.43. The van der Waals surface area contributed by atoms with E-state index in [0.29, 0.717) is 24.8 Å². The van der Waals surface area contributed by atoms with Gasteiger partial charge in [-0.1, -0.05) is 6.92 Å². The molecular formula is C19H32N4O2S. The summed E-state index contributed by atoms with van der Waals surface area (Å²) in [6.07, 6.45) is 2.77. The van der Waals surface area contributed by atoms with E-state index in [1.807, 2.05) is 28.7 Å². The van der Waals surface area contributed by atoms with Crippen LogP contribution in [0.15, 0.2) is 21.8 Å². The van der Waals surface area contributed by atoms with Crippen molar-refractivity contribution >= 4 is 23.2 Å². The highest BCUT2D eigenvalue weighted by Crippen LogP contribution is 2.23. The number of nitrogens with one attached hydrogen (secondary N) is 2. The highest BCUT2D eigenvalue weighted by atomic mass is 32.1. The van der Waals surface area contributed by atoms with E-state index >= 15 is 0 Å². The van der Waals surface area contributed by atoms with Crippen molar-refractivity contribution in [3.05, 3.63) is 22.4 Å². The fourth-order valence-corrected chi connectivity index (χ4v) is 3.88. The van der Waals surface area contributed by atoms with E-state index in [4.69, 9.17) is 0 Å². The molecule has 0 aliphatic carbocycles. The second kappa shape index (κ2) is 9.92. The Morgan fingerprint density at radius 3 is 2.96 bits per heavy atom. The number of carbonyl (C=O) groups is 1. The number of aliphatic imine (C=N–C) groups is 1. The fourth-order valence-electron chi connectivity index (χ4n) is 3.10. The van der Waals surface area contributed by atoms with Crippen molar-refractivity contribution in [2.75, 3.05) is 32.7 Å². The van der Waals surface area contributed by atoms with E-state index in [-0.39, 0.29) is 12.5 Å². The van der Waals surface area contributed by atoms with Gasteiger partial charge in [0.05, 0.1) is 6.54 Å². The van der Waals surface area contributed by atoms with E-state index in [2.05, 4.69) is 22.5 Å². The van der Waals surface area contributed by atoms with Gasteiger partial charge in [0.2, 0.25) is 5.91 Å². The van der Waals surface area contributed by atoms with Gasteiger partial charge < -0.3 is 20.6 Å². The van der Waals surface area contributed by atoms with Gasteiger partial charge >= 0.3 is 0 Å². The SMILES string of the molecule is CCNC(=NCC(C)(O)c1ccsc1)NCCC(=O)N1CCCC(C)C1. The van der Waals surface area contributed by atoms with Gasteiger partial charge in [0.25, 0.3) is 0 Å². The van der Waals surface area contributed by atoms with Crippen LogP contribution in [-0.2, 0) is 10.4 Å². The van der Waals surface area contributed by atoms with Gasteiger partial charge in [-0.2, -0.15) is 11.3 Å². The molecule has 1 fully saturated rings. The van der Waals surface area contributed by atoms with Crippen LogP contribution in [0.3, 0.4) is 0 Å². The Morgan fingerprint density at radius 2 is 2.31 bits per heavy atom. The van der Waals surface area contributed by atoms with Crippen LogP contribution in [0.1, 0.15) is 45.6 Å². The molecule has 1 saturated heterocycles. The van der Waals surface area contributed by atoms with Gasteiger partial charge in [-0.25, -0.2) is 4.99 Å². The lowest BCUT2D eigenvalue weighted by atomic mass is 10.00. The van der Waals surface area contributed by atoms with Gasteiger partial charge in [-0.05, 0) is 55.0 Å². The summed E-state index contributed by atoms with van der Waals surface area (Å²) in [6, 6.07) is 1.92. The predicted octanol–water partition coefficient (Wildman–Crippen LogP) is 2.16. The van der Waals surface area contributed by atoms with Gasteiger partial charge in [0.15, 0.2) is 5.96 Å². The first-order valence-electron chi connectivity index (χ1n) is 9.47. The molecule has 7 heteroatoms. The van der Waals surface area contributed by atoms with Crippen LogP contribution in [-0.4, -0.2) is 54.6 Å². The summed E-state index contributed by atoms with van der Waals surface area (Å²) >= 11 is 1.56. The molecule has 0 aromatic carbocycles. The molecule has 0 saturated carbocycles. The maximum atomic E-state index is 12.3. The van der Waals surface area contributed by atoms with Crippen LogP contribution in [0.5, 0.6) is 0 Å². The largest absolute Gasteiger partial charge is 0.383 e. The fraction of sp³-hybridized carbons (Fsp3) is 0.684. The van der Waals surface area contributed by atoms with Crippen molar-refractivity contribution in [2.45, 2.75) is 45.6 Å². The molecule has 2 heterocycles. The van der Waals surface area contributed by atoms with Crippen LogP contribution in [0.2, 0.25) is 0 Å². The molecule has 2 unspecified atom stereocenters. The molecule has 3 N–H and O–H groups in total. The van der Waals surface area contributed by atoms with E-state index in [1.165, 1.54) is 6.42 Å². The number of hydrogen-bond donors (Lipinski definition) is 3. The van der Waals surface area contributed by atoms with E-state index in [1.54, 1.807) is 18.3 Å². The normalized spacial score (nSPS) is 20.5. The zero-order chi connectivity index (χ0) is 19.0. The Labute approximate surface area is 160 Å². The van der Waals surface area contributed by atoms with Gasteiger partial charge in [-0.15, -0.1) is 0 Å². The highest BCUT2D eigenvalue weighted by molar-refractivity contribution is 7.08. The molecule has 6 nitrogen and oxygen atoms in total. The number of carbonyl (C=O) groups excluding carboxylic acids is 1. The highest BCUT2D eigenvalue weighted by Gasteiger charge is 2.23. The molecule has 146 valence electrons. The number of likely N-dealkylation sites (tertiary alicyclic amines) is 1. The molecule has 0 spiro atoms. The first kappa shape index (κ1) is 20.7. The molecule has 26 heavy (non-hydrogen) atoms. The number of hydrogen-bond acceptors (Lipinski definition) is 4. The average molecular weight is 381 g/mol. The second-order valence-electron chi connectivity index (χ2n) is 7.24. The number of nitrogens with zero attached hydrogens (tertiary/aromatic N) is 2. The Morgan fingerprint density at radius 1 is 1.50 bits per heavy atom. The minimum absolute atomic E-state index is 0.199. The summed E-state index contributed by atoms with van der Waals surface area (Å²) in [6.45, 7) is 9.23. The number of guanidine groups is 1. The van der Waals surface area contributed by atoms with Crippen molar-refractivity contribution in [1.29, 1.82) is 0 Å². The predicted molar refractivity (Wildman–Crippen MR) is 107 cm³/mol. The number of aliphatic hydroxyl groups is 1. The Bertz CT molecular complexity index is 586. The quantitative estimate of drug-likeness (QED) is 0.500. The molecule has 1 aromatic rings. The monoisotopic (exact) mass is 380 g/mol. The van der Waals surface area contributed by atoms with E-state index in [9.17, 15) is 9.90 Å². The standard InChI is InChI=1S/C19H32N4O2S/c1-4-20-18(22-14-19(3,25)16-8-11-26-13-16)21-9-7-17(24)23-10-5-6-15(2)12-23/h8,11,13,15,25H,4-7,9-10,12,14H2,1-3H3,(H2,20,21,22). The summed E-state index contributed by atoms with van der Waals surface area (Å²) in [4.78, 5) is 18.8. The summed E-state index contributed by atoms with van der Waals surface area (Å²) < 4.78 is 0. The van der Waals surface area contributed by atoms with Crippen molar-refractivity contribution in [2.24, 2.45) is 10.9 Å². The van der Waals surface area contributed by atoms with Crippen LogP contribution in [0, 0.1) is 5.92 Å². The first-order chi connectivity index (χ1) is 12.4. The van der Waals surface area contributed by atoms with E-state index < -0.39 is 5.60 Å². The Balaban J connectivity index is 1.82. The maximum Gasteiger partial charge on any atom is 0.224 e. The third-order valence-electron chi connectivity index (χ3n) is 4.67. The number of rotatable bonds is 7. The molecule has 1 aliphatic rings. The molecule has 2 rings (SSSR count). The van der Waals surface area contributed by atoms with Crippen LogP contribution < -0.4 is 10.6 Å². The van der Waals surface area contributed by atoms with Gasteiger partial charge in [0, 0.05) is 32.6 Å².